The Kier molecular flexibility index (Phi) is 4.02. The third-order valence-corrected chi connectivity index (χ3v) is 3.06. The zero-order valence-corrected chi connectivity index (χ0v) is 11.3. The number of ether oxygens (including phenoxy) is 2. The van der Waals surface area contributed by atoms with Crippen LogP contribution in [-0.4, -0.2) is 37.2 Å². The molecule has 1 unspecified atom stereocenters. The van der Waals surface area contributed by atoms with Gasteiger partial charge >= 0.3 is 0 Å². The van der Waals surface area contributed by atoms with E-state index in [9.17, 15) is 14.4 Å². The summed E-state index contributed by atoms with van der Waals surface area (Å²) in [7, 11) is 1.50. The first-order valence-corrected chi connectivity index (χ1v) is 6.19. The first-order chi connectivity index (χ1) is 9.52. The molecule has 2 rings (SSSR count). The number of carbonyl (C=O) groups excluding carboxylic acids is 3. The second-order valence-electron chi connectivity index (χ2n) is 4.45. The van der Waals surface area contributed by atoms with Crippen molar-refractivity contribution in [1.82, 2.24) is 5.32 Å². The summed E-state index contributed by atoms with van der Waals surface area (Å²) < 4.78 is 10.6. The van der Waals surface area contributed by atoms with Gasteiger partial charge in [0.05, 0.1) is 25.3 Å². The number of rotatable bonds is 3. The summed E-state index contributed by atoms with van der Waals surface area (Å²) in [5.41, 5.74) is 0.343. The molecule has 0 aromatic heterocycles. The number of amides is 1. The number of methoxy groups -OCH3 is 1. The Balaban J connectivity index is 2.28. The van der Waals surface area contributed by atoms with E-state index in [-0.39, 0.29) is 12.4 Å². The van der Waals surface area contributed by atoms with E-state index in [1.165, 1.54) is 7.11 Å². The summed E-state index contributed by atoms with van der Waals surface area (Å²) in [5.74, 6) is -0.704. The van der Waals surface area contributed by atoms with Gasteiger partial charge in [-0.1, -0.05) is 0 Å². The maximum Gasteiger partial charge on any atom is 0.287 e. The first kappa shape index (κ1) is 14.0. The smallest absolute Gasteiger partial charge is 0.287 e. The van der Waals surface area contributed by atoms with Gasteiger partial charge in [-0.05, 0) is 18.2 Å². The van der Waals surface area contributed by atoms with E-state index >= 15 is 0 Å². The van der Waals surface area contributed by atoms with Gasteiger partial charge in [0, 0.05) is 13.3 Å². The van der Waals surface area contributed by atoms with Crippen molar-refractivity contribution in [1.29, 1.82) is 0 Å². The summed E-state index contributed by atoms with van der Waals surface area (Å²) in [5, 5.41) is 2.43. The van der Waals surface area contributed by atoms with Crippen LogP contribution in [0.5, 0.6) is 11.5 Å². The highest BCUT2D eigenvalue weighted by molar-refractivity contribution is 6.35. The molecule has 1 atom stereocenters. The minimum absolute atomic E-state index is 0.286. The monoisotopic (exact) mass is 277 g/mol. The summed E-state index contributed by atoms with van der Waals surface area (Å²) in [4.78, 5) is 34.8. The third-order valence-electron chi connectivity index (χ3n) is 3.06. The minimum Gasteiger partial charge on any atom is -0.497 e. The second-order valence-corrected chi connectivity index (χ2v) is 4.45. The van der Waals surface area contributed by atoms with Crippen molar-refractivity contribution in [2.75, 3.05) is 13.7 Å². The lowest BCUT2D eigenvalue weighted by Gasteiger charge is -2.13. The average molecular weight is 277 g/mol. The van der Waals surface area contributed by atoms with Crippen LogP contribution in [0.3, 0.4) is 0 Å². The molecule has 0 saturated carbocycles. The van der Waals surface area contributed by atoms with Crippen LogP contribution in [0, 0.1) is 0 Å². The van der Waals surface area contributed by atoms with Crippen molar-refractivity contribution in [2.24, 2.45) is 0 Å². The predicted molar refractivity (Wildman–Crippen MR) is 70.0 cm³/mol. The summed E-state index contributed by atoms with van der Waals surface area (Å²) in [6, 6.07) is 4.15. The number of Topliss-reactive ketones (excluding diaryl/α,β-unsaturated/α-hetero) is 2. The van der Waals surface area contributed by atoms with Gasteiger partial charge in [0.1, 0.15) is 11.5 Å². The molecular weight excluding hydrogens is 262 g/mol. The Labute approximate surface area is 116 Å². The molecule has 1 amide bonds. The normalized spacial score (nSPS) is 17.5. The Bertz CT molecular complexity index is 567. The van der Waals surface area contributed by atoms with Crippen LogP contribution in [0.2, 0.25) is 0 Å². The minimum atomic E-state index is -0.769. The van der Waals surface area contributed by atoms with E-state index in [2.05, 4.69) is 5.32 Å². The lowest BCUT2D eigenvalue weighted by atomic mass is 10.0. The van der Waals surface area contributed by atoms with Gasteiger partial charge in [-0.3, -0.25) is 14.4 Å². The Hall–Kier alpha value is -2.37. The molecule has 20 heavy (non-hydrogen) atoms. The maximum absolute atomic E-state index is 12.4. The predicted octanol–water partition coefficient (Wildman–Crippen LogP) is 0.734. The topological polar surface area (TPSA) is 81.7 Å². The van der Waals surface area contributed by atoms with Crippen LogP contribution in [0.1, 0.15) is 23.7 Å². The molecule has 0 radical (unpaired) electrons. The Morgan fingerprint density at radius 3 is 2.80 bits per heavy atom. The van der Waals surface area contributed by atoms with Gasteiger partial charge < -0.3 is 14.8 Å². The number of carbonyl (C=O) groups is 3. The number of nitrogens with one attached hydrogen (secondary N) is 1. The molecule has 1 aliphatic heterocycles. The number of ketones is 2. The quantitative estimate of drug-likeness (QED) is 0.824. The van der Waals surface area contributed by atoms with Gasteiger partial charge in [0.2, 0.25) is 5.78 Å². The third kappa shape index (κ3) is 2.79. The summed E-state index contributed by atoms with van der Waals surface area (Å²) in [6.07, 6.45) is 0.314. The molecule has 0 fully saturated rings. The molecule has 106 valence electrons. The second kappa shape index (κ2) is 5.73. The number of fused-ring (bicyclic) bond motifs is 1. The Morgan fingerprint density at radius 1 is 1.40 bits per heavy atom. The van der Waals surface area contributed by atoms with E-state index in [0.717, 1.165) is 6.92 Å². The molecule has 0 spiro atoms. The standard InChI is InChI=1S/C14H15NO5/c1-8(16)14(18)15-11-5-6-20-12-4-3-9(19-2)7-10(12)13(11)17/h3-4,7,11H,5-6H2,1-2H3,(H,15,18). The van der Waals surface area contributed by atoms with Crippen LogP contribution in [0.15, 0.2) is 18.2 Å². The largest absolute Gasteiger partial charge is 0.497 e. The zero-order chi connectivity index (χ0) is 14.7. The summed E-state index contributed by atoms with van der Waals surface area (Å²) in [6.45, 7) is 1.44. The maximum atomic E-state index is 12.4. The van der Waals surface area contributed by atoms with Crippen LogP contribution < -0.4 is 14.8 Å². The van der Waals surface area contributed by atoms with Crippen LogP contribution >= 0.6 is 0 Å². The molecule has 1 heterocycles. The molecule has 0 saturated heterocycles. The van der Waals surface area contributed by atoms with Crippen molar-refractivity contribution in [2.45, 2.75) is 19.4 Å². The van der Waals surface area contributed by atoms with Crippen LogP contribution in [0.4, 0.5) is 0 Å². The molecule has 0 aliphatic carbocycles. The van der Waals surface area contributed by atoms with Crippen LogP contribution in [0.25, 0.3) is 0 Å². The molecule has 6 nitrogen and oxygen atoms in total. The van der Waals surface area contributed by atoms with Gasteiger partial charge in [-0.15, -0.1) is 0 Å². The summed E-state index contributed by atoms with van der Waals surface area (Å²) >= 11 is 0. The van der Waals surface area contributed by atoms with Gasteiger partial charge in [0.25, 0.3) is 5.91 Å². The number of benzene rings is 1. The van der Waals surface area contributed by atoms with Gasteiger partial charge in [-0.2, -0.15) is 0 Å². The fourth-order valence-electron chi connectivity index (χ4n) is 1.96. The zero-order valence-electron chi connectivity index (χ0n) is 11.3. The lowest BCUT2D eigenvalue weighted by Crippen LogP contribution is -2.43. The van der Waals surface area contributed by atoms with Gasteiger partial charge in [0.15, 0.2) is 5.78 Å². The van der Waals surface area contributed by atoms with Crippen molar-refractivity contribution in [3.05, 3.63) is 23.8 Å². The fraction of sp³-hybridized carbons (Fsp3) is 0.357. The number of hydrogen-bond donors (Lipinski definition) is 1. The van der Waals surface area contributed by atoms with Crippen molar-refractivity contribution in [3.8, 4) is 11.5 Å². The lowest BCUT2D eigenvalue weighted by molar-refractivity contribution is -0.137. The molecule has 6 heteroatoms. The van der Waals surface area contributed by atoms with Gasteiger partial charge in [-0.25, -0.2) is 0 Å². The molecule has 1 aliphatic rings. The van der Waals surface area contributed by atoms with E-state index in [1.807, 2.05) is 0 Å². The van der Waals surface area contributed by atoms with E-state index in [0.29, 0.717) is 23.5 Å². The van der Waals surface area contributed by atoms with Crippen LogP contribution in [-0.2, 0) is 9.59 Å². The van der Waals surface area contributed by atoms with Crippen molar-refractivity contribution >= 4 is 17.5 Å². The average Bonchev–Trinajstić information content (AvgIpc) is 2.59. The van der Waals surface area contributed by atoms with Crippen molar-refractivity contribution in [3.63, 3.8) is 0 Å². The number of hydrogen-bond acceptors (Lipinski definition) is 5. The molecule has 1 aromatic rings. The highest BCUT2D eigenvalue weighted by Gasteiger charge is 2.29. The Morgan fingerprint density at radius 2 is 2.15 bits per heavy atom. The molecule has 1 aromatic carbocycles. The van der Waals surface area contributed by atoms with E-state index in [4.69, 9.17) is 9.47 Å². The van der Waals surface area contributed by atoms with E-state index < -0.39 is 17.7 Å². The molecular formula is C14H15NO5. The molecule has 1 N–H and O–H groups in total. The van der Waals surface area contributed by atoms with Crippen molar-refractivity contribution < 1.29 is 23.9 Å². The fourth-order valence-corrected chi connectivity index (χ4v) is 1.96. The SMILES string of the molecule is COc1ccc2c(c1)C(=O)C(NC(=O)C(C)=O)CCO2. The highest BCUT2D eigenvalue weighted by atomic mass is 16.5. The first-order valence-electron chi connectivity index (χ1n) is 6.19. The molecule has 0 bridgehead atoms. The highest BCUT2D eigenvalue weighted by Crippen LogP contribution is 2.28. The van der Waals surface area contributed by atoms with E-state index in [1.54, 1.807) is 18.2 Å².